The topological polar surface area (TPSA) is 49.4 Å². The molecule has 1 heterocycles. The third-order valence-electron chi connectivity index (χ3n) is 3.42. The summed E-state index contributed by atoms with van der Waals surface area (Å²) < 4.78 is 26.6. The quantitative estimate of drug-likeness (QED) is 0.926. The van der Waals surface area contributed by atoms with Gasteiger partial charge in [0.2, 0.25) is 10.0 Å². The summed E-state index contributed by atoms with van der Waals surface area (Å²) in [4.78, 5) is 0.402. The van der Waals surface area contributed by atoms with Gasteiger partial charge in [0, 0.05) is 19.1 Å². The van der Waals surface area contributed by atoms with Crippen molar-refractivity contribution in [1.29, 1.82) is 0 Å². The zero-order chi connectivity index (χ0) is 13.2. The number of rotatable bonds is 3. The van der Waals surface area contributed by atoms with Crippen LogP contribution in [0.3, 0.4) is 0 Å². The largest absolute Gasteiger partial charge is 0.316 e. The molecule has 1 saturated heterocycles. The van der Waals surface area contributed by atoms with Gasteiger partial charge in [-0.05, 0) is 44.5 Å². The first-order valence-electron chi connectivity index (χ1n) is 6.28. The zero-order valence-electron chi connectivity index (χ0n) is 11.3. The molecule has 1 atom stereocenters. The molecule has 1 unspecified atom stereocenters. The summed E-state index contributed by atoms with van der Waals surface area (Å²) in [6.07, 6.45) is 1.95. The monoisotopic (exact) mass is 304 g/mol. The number of nitrogens with one attached hydrogen (secondary N) is 1. The van der Waals surface area contributed by atoms with Gasteiger partial charge in [0.25, 0.3) is 0 Å². The maximum absolute atomic E-state index is 12.5. The minimum Gasteiger partial charge on any atom is -0.316 e. The van der Waals surface area contributed by atoms with Gasteiger partial charge >= 0.3 is 0 Å². The Hall–Kier alpha value is -0.620. The van der Waals surface area contributed by atoms with E-state index in [1.165, 1.54) is 0 Å². The van der Waals surface area contributed by atoms with E-state index in [1.807, 2.05) is 20.0 Å². The SMILES string of the molecule is CNC1CCCN(S(=O)(=O)c2cccc(C)c2)C1.Cl. The second kappa shape index (κ2) is 6.70. The molecule has 1 N–H and O–H groups in total. The average molecular weight is 305 g/mol. The highest BCUT2D eigenvalue weighted by molar-refractivity contribution is 7.89. The van der Waals surface area contributed by atoms with Gasteiger partial charge in [-0.3, -0.25) is 0 Å². The minimum atomic E-state index is -3.33. The van der Waals surface area contributed by atoms with E-state index in [4.69, 9.17) is 0 Å². The van der Waals surface area contributed by atoms with Crippen LogP contribution < -0.4 is 5.32 Å². The first-order valence-corrected chi connectivity index (χ1v) is 7.72. The van der Waals surface area contributed by atoms with Gasteiger partial charge in [-0.15, -0.1) is 12.4 Å². The number of aryl methyl sites for hydroxylation is 1. The van der Waals surface area contributed by atoms with Gasteiger partial charge in [-0.2, -0.15) is 4.31 Å². The van der Waals surface area contributed by atoms with Crippen LogP contribution in [0.4, 0.5) is 0 Å². The van der Waals surface area contributed by atoms with Gasteiger partial charge in [0.05, 0.1) is 4.90 Å². The Balaban J connectivity index is 0.00000180. The van der Waals surface area contributed by atoms with Gasteiger partial charge in [0.1, 0.15) is 0 Å². The van der Waals surface area contributed by atoms with Crippen molar-refractivity contribution in [2.24, 2.45) is 0 Å². The predicted octanol–water partition coefficient (Wildman–Crippen LogP) is 1.79. The van der Waals surface area contributed by atoms with Crippen LogP contribution in [0.1, 0.15) is 18.4 Å². The summed E-state index contributed by atoms with van der Waals surface area (Å²) in [7, 11) is -1.45. The molecular formula is C13H21ClN2O2S. The highest BCUT2D eigenvalue weighted by Crippen LogP contribution is 2.21. The Labute approximate surface area is 121 Å². The van der Waals surface area contributed by atoms with Crippen molar-refractivity contribution in [3.8, 4) is 0 Å². The molecule has 1 aliphatic rings. The van der Waals surface area contributed by atoms with E-state index < -0.39 is 10.0 Å². The Kier molecular flexibility index (Phi) is 5.80. The van der Waals surface area contributed by atoms with Crippen molar-refractivity contribution in [1.82, 2.24) is 9.62 Å². The molecule has 1 aromatic rings. The lowest BCUT2D eigenvalue weighted by Gasteiger charge is -2.31. The third-order valence-corrected chi connectivity index (χ3v) is 5.28. The summed E-state index contributed by atoms with van der Waals surface area (Å²) in [6.45, 7) is 3.09. The van der Waals surface area contributed by atoms with Crippen LogP contribution in [0.25, 0.3) is 0 Å². The standard InChI is InChI=1S/C13H20N2O2S.ClH/c1-11-5-3-7-13(9-11)18(16,17)15-8-4-6-12(10-15)14-2;/h3,5,7,9,12,14H,4,6,8,10H2,1-2H3;1H. The van der Waals surface area contributed by atoms with Crippen molar-refractivity contribution in [2.75, 3.05) is 20.1 Å². The lowest BCUT2D eigenvalue weighted by atomic mass is 10.1. The van der Waals surface area contributed by atoms with Crippen molar-refractivity contribution >= 4 is 22.4 Å². The van der Waals surface area contributed by atoms with Crippen molar-refractivity contribution in [3.63, 3.8) is 0 Å². The van der Waals surface area contributed by atoms with Crippen molar-refractivity contribution in [2.45, 2.75) is 30.7 Å². The van der Waals surface area contributed by atoms with Gasteiger partial charge in [-0.25, -0.2) is 8.42 Å². The molecule has 1 aliphatic heterocycles. The van der Waals surface area contributed by atoms with E-state index >= 15 is 0 Å². The van der Waals surface area contributed by atoms with Crippen LogP contribution in [-0.2, 0) is 10.0 Å². The molecule has 0 saturated carbocycles. The second-order valence-electron chi connectivity index (χ2n) is 4.81. The van der Waals surface area contributed by atoms with E-state index in [0.29, 0.717) is 18.0 Å². The van der Waals surface area contributed by atoms with Crippen molar-refractivity contribution < 1.29 is 8.42 Å². The number of hydrogen-bond acceptors (Lipinski definition) is 3. The molecule has 1 fully saturated rings. The number of nitrogens with zero attached hydrogens (tertiary/aromatic N) is 1. The Bertz CT molecular complexity index is 519. The minimum absolute atomic E-state index is 0. The van der Waals surface area contributed by atoms with Crippen LogP contribution in [0.2, 0.25) is 0 Å². The molecule has 0 bridgehead atoms. The van der Waals surface area contributed by atoms with Crippen LogP contribution >= 0.6 is 12.4 Å². The summed E-state index contributed by atoms with van der Waals surface area (Å²) in [5.74, 6) is 0. The Morgan fingerprint density at radius 1 is 1.37 bits per heavy atom. The lowest BCUT2D eigenvalue weighted by molar-refractivity contribution is 0.293. The fourth-order valence-electron chi connectivity index (χ4n) is 2.32. The van der Waals surface area contributed by atoms with Gasteiger partial charge in [-0.1, -0.05) is 12.1 Å². The molecule has 0 aliphatic carbocycles. The molecule has 2 rings (SSSR count). The zero-order valence-corrected chi connectivity index (χ0v) is 12.9. The normalized spacial score (nSPS) is 20.8. The fourth-order valence-corrected chi connectivity index (χ4v) is 3.95. The molecule has 6 heteroatoms. The highest BCUT2D eigenvalue weighted by Gasteiger charge is 2.29. The summed E-state index contributed by atoms with van der Waals surface area (Å²) >= 11 is 0. The number of sulfonamides is 1. The maximum atomic E-state index is 12.5. The van der Waals surface area contributed by atoms with Crippen LogP contribution in [0, 0.1) is 6.92 Å². The first kappa shape index (κ1) is 16.4. The third kappa shape index (κ3) is 3.69. The predicted molar refractivity (Wildman–Crippen MR) is 79.3 cm³/mol. The molecule has 4 nitrogen and oxygen atoms in total. The van der Waals surface area contributed by atoms with Crippen molar-refractivity contribution in [3.05, 3.63) is 29.8 Å². The van der Waals surface area contributed by atoms with E-state index in [1.54, 1.807) is 22.5 Å². The molecule has 0 spiro atoms. The smallest absolute Gasteiger partial charge is 0.243 e. The first-order chi connectivity index (χ1) is 8.54. The Morgan fingerprint density at radius 3 is 2.74 bits per heavy atom. The number of likely N-dealkylation sites (N-methyl/N-ethyl adjacent to an activating group) is 1. The highest BCUT2D eigenvalue weighted by atomic mass is 35.5. The molecule has 0 amide bonds. The van der Waals surface area contributed by atoms with E-state index in [9.17, 15) is 8.42 Å². The van der Waals surface area contributed by atoms with Crippen LogP contribution in [-0.4, -0.2) is 38.9 Å². The number of piperidine rings is 1. The lowest BCUT2D eigenvalue weighted by Crippen LogP contribution is -2.46. The molecule has 19 heavy (non-hydrogen) atoms. The number of hydrogen-bond donors (Lipinski definition) is 1. The van der Waals surface area contributed by atoms with Crippen LogP contribution in [0.15, 0.2) is 29.2 Å². The summed E-state index contributed by atoms with van der Waals surface area (Å²) in [5, 5.41) is 3.16. The summed E-state index contributed by atoms with van der Waals surface area (Å²) in [6, 6.07) is 7.37. The van der Waals surface area contributed by atoms with Gasteiger partial charge < -0.3 is 5.32 Å². The maximum Gasteiger partial charge on any atom is 0.243 e. The van der Waals surface area contributed by atoms with E-state index in [0.717, 1.165) is 18.4 Å². The van der Waals surface area contributed by atoms with Crippen LogP contribution in [0.5, 0.6) is 0 Å². The Morgan fingerprint density at radius 2 is 2.11 bits per heavy atom. The molecule has 0 aromatic heterocycles. The van der Waals surface area contributed by atoms with E-state index in [-0.39, 0.29) is 18.4 Å². The number of benzene rings is 1. The molecule has 108 valence electrons. The fraction of sp³-hybridized carbons (Fsp3) is 0.538. The molecule has 0 radical (unpaired) electrons. The second-order valence-corrected chi connectivity index (χ2v) is 6.75. The molecule has 1 aromatic carbocycles. The van der Waals surface area contributed by atoms with E-state index in [2.05, 4.69) is 5.32 Å². The average Bonchev–Trinajstić information content (AvgIpc) is 2.39. The molecular weight excluding hydrogens is 284 g/mol. The number of halogens is 1. The van der Waals surface area contributed by atoms with Gasteiger partial charge in [0.15, 0.2) is 0 Å². The summed E-state index contributed by atoms with van der Waals surface area (Å²) in [5.41, 5.74) is 0.971.